The Bertz CT molecular complexity index is 1300. The molecule has 0 aliphatic heterocycles. The molecular formula is C31H39F3O3S2. The average molecular weight is 581 g/mol. The van der Waals surface area contributed by atoms with Crippen molar-refractivity contribution in [2.24, 2.45) is 0 Å². The van der Waals surface area contributed by atoms with E-state index in [-0.39, 0.29) is 0 Å². The van der Waals surface area contributed by atoms with Crippen molar-refractivity contribution in [3.05, 3.63) is 89.5 Å². The van der Waals surface area contributed by atoms with E-state index < -0.39 is 42.2 Å². The molecule has 0 radical (unpaired) electrons. The lowest BCUT2D eigenvalue weighted by Gasteiger charge is -2.46. The first kappa shape index (κ1) is 31.2. The molecule has 0 atom stereocenters. The Morgan fingerprint density at radius 3 is 1.00 bits per heavy atom. The minimum absolute atomic E-state index is 0.429. The molecule has 0 bridgehead atoms. The fraction of sp³-hybridized carbons (Fsp3) is 0.419. The second-order valence-electron chi connectivity index (χ2n) is 12.8. The van der Waals surface area contributed by atoms with Crippen LogP contribution >= 0.6 is 10.3 Å². The molecule has 3 aromatic rings. The SMILES string of the molecule is CC(C)(C)c1ccccc1S(OS(=O)(=O)C(F)(F)F)(c1ccccc1C(C)(C)C)c1ccccc1C(C)(C)C. The highest BCUT2D eigenvalue weighted by molar-refractivity contribution is 8.33. The second-order valence-corrected chi connectivity index (χ2v) is 17.1. The van der Waals surface area contributed by atoms with Crippen molar-refractivity contribution in [2.45, 2.75) is 98.8 Å². The van der Waals surface area contributed by atoms with Crippen molar-refractivity contribution >= 4 is 20.4 Å². The van der Waals surface area contributed by atoms with E-state index >= 15 is 0 Å². The third kappa shape index (κ3) is 6.08. The maximum absolute atomic E-state index is 14.2. The van der Waals surface area contributed by atoms with E-state index in [1.807, 2.05) is 98.7 Å². The molecule has 0 N–H and O–H groups in total. The van der Waals surface area contributed by atoms with Gasteiger partial charge in [-0.1, -0.05) is 117 Å². The van der Waals surface area contributed by atoms with Crippen LogP contribution in [0, 0.1) is 0 Å². The summed E-state index contributed by atoms with van der Waals surface area (Å²) in [5.41, 5.74) is -5.08. The fourth-order valence-corrected chi connectivity index (χ4v) is 10.5. The maximum atomic E-state index is 14.2. The summed E-state index contributed by atoms with van der Waals surface area (Å²) in [5, 5.41) is 0. The first-order chi connectivity index (χ1) is 17.6. The summed E-state index contributed by atoms with van der Waals surface area (Å²) in [4.78, 5) is 1.29. The topological polar surface area (TPSA) is 43.4 Å². The molecule has 0 saturated carbocycles. The molecule has 3 rings (SSSR count). The van der Waals surface area contributed by atoms with Gasteiger partial charge < -0.3 is 0 Å². The van der Waals surface area contributed by atoms with Crippen LogP contribution in [0.15, 0.2) is 87.5 Å². The highest BCUT2D eigenvalue weighted by Gasteiger charge is 2.54. The lowest BCUT2D eigenvalue weighted by atomic mass is 9.87. The number of hydrogen-bond acceptors (Lipinski definition) is 3. The summed E-state index contributed by atoms with van der Waals surface area (Å²) in [6, 6.07) is 21.4. The van der Waals surface area contributed by atoms with Gasteiger partial charge in [-0.2, -0.15) is 25.2 Å². The van der Waals surface area contributed by atoms with Crippen molar-refractivity contribution in [2.75, 3.05) is 0 Å². The van der Waals surface area contributed by atoms with E-state index in [2.05, 4.69) is 0 Å². The summed E-state index contributed by atoms with van der Waals surface area (Å²) < 4.78 is 74.7. The monoisotopic (exact) mass is 580 g/mol. The van der Waals surface area contributed by atoms with Gasteiger partial charge in [-0.15, -0.1) is 0 Å². The molecule has 0 aliphatic rings. The molecule has 0 amide bonds. The lowest BCUT2D eigenvalue weighted by molar-refractivity contribution is -0.0496. The van der Waals surface area contributed by atoms with Crippen molar-refractivity contribution in [3.63, 3.8) is 0 Å². The maximum Gasteiger partial charge on any atom is 0.524 e. The molecule has 0 spiro atoms. The normalized spacial score (nSPS) is 14.4. The summed E-state index contributed by atoms with van der Waals surface area (Å²) in [6.07, 6.45) is 0. The third-order valence-electron chi connectivity index (χ3n) is 6.49. The van der Waals surface area contributed by atoms with Gasteiger partial charge >= 0.3 is 15.6 Å². The first-order valence-electron chi connectivity index (χ1n) is 12.8. The van der Waals surface area contributed by atoms with Crippen LogP contribution < -0.4 is 0 Å². The molecule has 214 valence electrons. The minimum atomic E-state index is -6.05. The van der Waals surface area contributed by atoms with Crippen LogP contribution in [0.1, 0.15) is 79.0 Å². The molecule has 0 aliphatic carbocycles. The molecule has 0 aromatic heterocycles. The Kier molecular flexibility index (Phi) is 8.23. The summed E-state index contributed by atoms with van der Waals surface area (Å²) in [7, 11) is -9.57. The summed E-state index contributed by atoms with van der Waals surface area (Å²) >= 11 is 0. The number of halogens is 3. The summed E-state index contributed by atoms with van der Waals surface area (Å²) in [5.74, 6) is 0. The molecule has 0 heterocycles. The first-order valence-corrected chi connectivity index (χ1v) is 15.7. The molecule has 0 unspecified atom stereocenters. The van der Waals surface area contributed by atoms with Crippen molar-refractivity contribution in [1.82, 2.24) is 0 Å². The highest BCUT2D eigenvalue weighted by Crippen LogP contribution is 2.74. The molecule has 0 fully saturated rings. The Morgan fingerprint density at radius 2 is 0.769 bits per heavy atom. The van der Waals surface area contributed by atoms with Crippen molar-refractivity contribution in [1.29, 1.82) is 0 Å². The number of rotatable bonds is 5. The predicted octanol–water partition coefficient (Wildman–Crippen LogP) is 9.64. The Balaban J connectivity index is 2.76. The minimum Gasteiger partial charge on any atom is -0.200 e. The van der Waals surface area contributed by atoms with Crippen LogP contribution in [-0.2, 0) is 30.0 Å². The van der Waals surface area contributed by atoms with Gasteiger partial charge in [0.05, 0.1) is 0 Å². The van der Waals surface area contributed by atoms with E-state index in [0.717, 1.165) is 0 Å². The molecule has 39 heavy (non-hydrogen) atoms. The van der Waals surface area contributed by atoms with E-state index in [1.165, 1.54) is 0 Å². The van der Waals surface area contributed by atoms with E-state index in [9.17, 15) is 21.6 Å². The van der Waals surface area contributed by atoms with Gasteiger partial charge in [0.15, 0.2) is 0 Å². The third-order valence-corrected chi connectivity index (χ3v) is 11.5. The largest absolute Gasteiger partial charge is 0.524 e. The average Bonchev–Trinajstić information content (AvgIpc) is 2.80. The van der Waals surface area contributed by atoms with Gasteiger partial charge in [-0.25, -0.2) is 0 Å². The van der Waals surface area contributed by atoms with E-state index in [4.69, 9.17) is 3.63 Å². The van der Waals surface area contributed by atoms with Crippen LogP contribution in [0.2, 0.25) is 0 Å². The number of hydrogen-bond donors (Lipinski definition) is 0. The van der Waals surface area contributed by atoms with Gasteiger partial charge in [0.1, 0.15) is 0 Å². The quantitative estimate of drug-likeness (QED) is 0.282. The van der Waals surface area contributed by atoms with Crippen LogP contribution in [0.25, 0.3) is 0 Å². The molecule has 3 nitrogen and oxygen atoms in total. The molecule has 3 aromatic carbocycles. The van der Waals surface area contributed by atoms with Crippen molar-refractivity contribution < 1.29 is 25.2 Å². The number of alkyl halides is 3. The Hall–Kier alpha value is -2.29. The van der Waals surface area contributed by atoms with Gasteiger partial charge in [0.2, 0.25) is 0 Å². The lowest BCUT2D eigenvalue weighted by Crippen LogP contribution is -2.30. The van der Waals surface area contributed by atoms with Crippen LogP contribution in [0.4, 0.5) is 13.2 Å². The second kappa shape index (κ2) is 10.3. The van der Waals surface area contributed by atoms with E-state index in [0.29, 0.717) is 31.4 Å². The predicted molar refractivity (Wildman–Crippen MR) is 154 cm³/mol. The fourth-order valence-electron chi connectivity index (χ4n) is 4.65. The summed E-state index contributed by atoms with van der Waals surface area (Å²) in [6.45, 7) is 17.6. The molecule has 8 heteroatoms. The molecule has 0 saturated heterocycles. The zero-order valence-electron chi connectivity index (χ0n) is 24.1. The highest BCUT2D eigenvalue weighted by atomic mass is 32.3. The molecular weight excluding hydrogens is 541 g/mol. The van der Waals surface area contributed by atoms with Crippen molar-refractivity contribution in [3.8, 4) is 0 Å². The van der Waals surface area contributed by atoms with Gasteiger partial charge in [0.25, 0.3) is 0 Å². The van der Waals surface area contributed by atoms with E-state index in [1.54, 1.807) is 36.4 Å². The standard InChI is InChI=1S/C31H39F3O3S2/c1-28(2,3)22-16-10-13-19-25(22)38(37-39(35,36)31(32,33)34,26-20-14-11-17-23(26)29(4,5)6)27-21-15-12-18-24(27)30(7,8)9/h10-21H,1-9H3. The number of benzene rings is 3. The zero-order chi connectivity index (χ0) is 29.7. The van der Waals surface area contributed by atoms with Gasteiger partial charge in [-0.05, 0) is 61.4 Å². The zero-order valence-corrected chi connectivity index (χ0v) is 25.7. The van der Waals surface area contributed by atoms with Crippen LogP contribution in [0.3, 0.4) is 0 Å². The van der Waals surface area contributed by atoms with Gasteiger partial charge in [-0.3, -0.25) is 0 Å². The van der Waals surface area contributed by atoms with Gasteiger partial charge in [0, 0.05) is 14.7 Å². The van der Waals surface area contributed by atoms with Crippen LogP contribution in [0.5, 0.6) is 0 Å². The Morgan fingerprint density at radius 1 is 0.513 bits per heavy atom. The smallest absolute Gasteiger partial charge is 0.200 e. The Labute approximate surface area is 233 Å². The van der Waals surface area contributed by atoms with Crippen LogP contribution in [-0.4, -0.2) is 13.9 Å².